The van der Waals surface area contributed by atoms with Crippen LogP contribution >= 0.6 is 0 Å². The number of rotatable bonds is 27. The third-order valence-electron chi connectivity index (χ3n) is 6.74. The molecule has 1 N–H and O–H groups in total. The summed E-state index contributed by atoms with van der Waals surface area (Å²) in [5.74, 6) is -0.720. The molecule has 206 valence electrons. The van der Waals surface area contributed by atoms with Crippen molar-refractivity contribution in [2.24, 2.45) is 0 Å². The van der Waals surface area contributed by atoms with Crippen LogP contribution in [0.1, 0.15) is 168 Å². The van der Waals surface area contributed by atoms with E-state index in [9.17, 15) is 9.59 Å². The molecule has 0 heterocycles. The summed E-state index contributed by atoms with van der Waals surface area (Å²) in [6.07, 6.45) is 30.8. The van der Waals surface area contributed by atoms with Gasteiger partial charge in [-0.05, 0) is 64.2 Å². The van der Waals surface area contributed by atoms with Crippen molar-refractivity contribution in [3.05, 3.63) is 12.2 Å². The second kappa shape index (κ2) is 27.3. The number of carboxylic acid groups (broad SMARTS) is 1. The van der Waals surface area contributed by atoms with Crippen molar-refractivity contribution >= 4 is 11.9 Å². The van der Waals surface area contributed by atoms with Gasteiger partial charge in [0, 0.05) is 12.8 Å². The Bertz CT molecular complexity index is 500. The van der Waals surface area contributed by atoms with E-state index in [4.69, 9.17) is 9.84 Å². The van der Waals surface area contributed by atoms with E-state index in [0.717, 1.165) is 64.2 Å². The SMILES string of the molecule is CCCCCC/C=C\CCCCCCCC(=O)OC(CCCCCC)CCCCCCCC(=O)O. The van der Waals surface area contributed by atoms with E-state index in [-0.39, 0.29) is 18.5 Å². The van der Waals surface area contributed by atoms with Gasteiger partial charge in [0.15, 0.2) is 0 Å². The van der Waals surface area contributed by atoms with E-state index in [1.54, 1.807) is 0 Å². The molecular weight excluding hydrogens is 436 g/mol. The van der Waals surface area contributed by atoms with Crippen LogP contribution in [0.2, 0.25) is 0 Å². The fraction of sp³-hybridized carbons (Fsp3) is 0.871. The average molecular weight is 495 g/mol. The molecule has 0 aromatic heterocycles. The first-order valence-electron chi connectivity index (χ1n) is 15.2. The monoisotopic (exact) mass is 494 g/mol. The highest BCUT2D eigenvalue weighted by atomic mass is 16.5. The van der Waals surface area contributed by atoms with Crippen LogP contribution in [0.4, 0.5) is 0 Å². The Labute approximate surface area is 217 Å². The van der Waals surface area contributed by atoms with Gasteiger partial charge < -0.3 is 9.84 Å². The van der Waals surface area contributed by atoms with Crippen molar-refractivity contribution in [3.8, 4) is 0 Å². The lowest BCUT2D eigenvalue weighted by Gasteiger charge is -2.18. The summed E-state index contributed by atoms with van der Waals surface area (Å²) in [6, 6.07) is 0. The lowest BCUT2D eigenvalue weighted by Crippen LogP contribution is -2.18. The van der Waals surface area contributed by atoms with Gasteiger partial charge in [0.1, 0.15) is 6.10 Å². The molecule has 0 aliphatic heterocycles. The van der Waals surface area contributed by atoms with Crippen LogP contribution < -0.4 is 0 Å². The van der Waals surface area contributed by atoms with Crippen LogP contribution in [0.25, 0.3) is 0 Å². The lowest BCUT2D eigenvalue weighted by molar-refractivity contribution is -0.150. The van der Waals surface area contributed by atoms with Crippen LogP contribution in [0.15, 0.2) is 12.2 Å². The number of unbranched alkanes of at least 4 members (excludes halogenated alkanes) is 16. The fourth-order valence-corrected chi connectivity index (χ4v) is 4.47. The first kappa shape index (κ1) is 33.7. The van der Waals surface area contributed by atoms with E-state index < -0.39 is 5.97 Å². The molecule has 0 aliphatic carbocycles. The molecule has 0 fully saturated rings. The van der Waals surface area contributed by atoms with Crippen LogP contribution in [-0.2, 0) is 14.3 Å². The van der Waals surface area contributed by atoms with E-state index in [2.05, 4.69) is 26.0 Å². The largest absolute Gasteiger partial charge is 0.481 e. The molecule has 4 nitrogen and oxygen atoms in total. The van der Waals surface area contributed by atoms with Crippen molar-refractivity contribution in [2.45, 2.75) is 174 Å². The van der Waals surface area contributed by atoms with Gasteiger partial charge in [-0.15, -0.1) is 0 Å². The maximum absolute atomic E-state index is 12.4. The Morgan fingerprint density at radius 1 is 0.600 bits per heavy atom. The summed E-state index contributed by atoms with van der Waals surface area (Å²) in [5, 5.41) is 8.71. The van der Waals surface area contributed by atoms with E-state index in [0.29, 0.717) is 6.42 Å². The normalized spacial score (nSPS) is 12.3. The number of hydrogen-bond acceptors (Lipinski definition) is 3. The average Bonchev–Trinajstić information content (AvgIpc) is 2.83. The molecule has 0 saturated heterocycles. The van der Waals surface area contributed by atoms with Crippen molar-refractivity contribution in [2.75, 3.05) is 0 Å². The Morgan fingerprint density at radius 2 is 1.03 bits per heavy atom. The second-order valence-electron chi connectivity index (χ2n) is 10.3. The zero-order valence-electron chi connectivity index (χ0n) is 23.4. The molecule has 35 heavy (non-hydrogen) atoms. The van der Waals surface area contributed by atoms with Crippen molar-refractivity contribution in [1.82, 2.24) is 0 Å². The number of carboxylic acids is 1. The molecule has 1 atom stereocenters. The topological polar surface area (TPSA) is 63.6 Å². The maximum Gasteiger partial charge on any atom is 0.306 e. The Kier molecular flexibility index (Phi) is 26.2. The molecule has 0 aromatic carbocycles. The smallest absolute Gasteiger partial charge is 0.306 e. The summed E-state index contributed by atoms with van der Waals surface area (Å²) >= 11 is 0. The van der Waals surface area contributed by atoms with Gasteiger partial charge in [0.2, 0.25) is 0 Å². The van der Waals surface area contributed by atoms with Crippen LogP contribution in [0.3, 0.4) is 0 Å². The second-order valence-corrected chi connectivity index (χ2v) is 10.3. The first-order chi connectivity index (χ1) is 17.1. The van der Waals surface area contributed by atoms with Crippen molar-refractivity contribution in [3.63, 3.8) is 0 Å². The maximum atomic E-state index is 12.4. The minimum atomic E-state index is -0.704. The third kappa shape index (κ3) is 27.1. The molecule has 1 unspecified atom stereocenters. The Morgan fingerprint density at radius 3 is 1.57 bits per heavy atom. The van der Waals surface area contributed by atoms with E-state index in [1.807, 2.05) is 0 Å². The molecule has 0 aliphatic rings. The number of allylic oxidation sites excluding steroid dienone is 2. The summed E-state index contributed by atoms with van der Waals surface area (Å²) in [5.41, 5.74) is 0. The number of ether oxygens (including phenoxy) is 1. The zero-order chi connectivity index (χ0) is 25.8. The number of aliphatic carboxylic acids is 1. The quantitative estimate of drug-likeness (QED) is 0.0701. The number of carbonyl (C=O) groups is 2. The highest BCUT2D eigenvalue weighted by Crippen LogP contribution is 2.18. The Hall–Kier alpha value is -1.32. The van der Waals surface area contributed by atoms with Crippen molar-refractivity contribution < 1.29 is 19.4 Å². The zero-order valence-corrected chi connectivity index (χ0v) is 23.4. The predicted molar refractivity (Wildman–Crippen MR) is 149 cm³/mol. The molecule has 0 saturated carbocycles. The molecular formula is C31H58O4. The van der Waals surface area contributed by atoms with Gasteiger partial charge >= 0.3 is 11.9 Å². The van der Waals surface area contributed by atoms with Gasteiger partial charge in [-0.2, -0.15) is 0 Å². The van der Waals surface area contributed by atoms with Gasteiger partial charge in [-0.3, -0.25) is 9.59 Å². The van der Waals surface area contributed by atoms with Gasteiger partial charge in [0.25, 0.3) is 0 Å². The van der Waals surface area contributed by atoms with Crippen LogP contribution in [0, 0.1) is 0 Å². The summed E-state index contributed by atoms with van der Waals surface area (Å²) in [7, 11) is 0. The van der Waals surface area contributed by atoms with Gasteiger partial charge in [-0.25, -0.2) is 0 Å². The van der Waals surface area contributed by atoms with E-state index in [1.165, 1.54) is 77.0 Å². The highest BCUT2D eigenvalue weighted by molar-refractivity contribution is 5.69. The molecule has 0 bridgehead atoms. The minimum absolute atomic E-state index is 0.0158. The molecule has 0 radical (unpaired) electrons. The Balaban J connectivity index is 3.87. The summed E-state index contributed by atoms with van der Waals surface area (Å²) < 4.78 is 5.87. The highest BCUT2D eigenvalue weighted by Gasteiger charge is 2.14. The molecule has 4 heteroatoms. The fourth-order valence-electron chi connectivity index (χ4n) is 4.47. The number of carbonyl (C=O) groups excluding carboxylic acids is 1. The number of hydrogen-bond donors (Lipinski definition) is 1. The lowest BCUT2D eigenvalue weighted by atomic mass is 10.0. The summed E-state index contributed by atoms with van der Waals surface area (Å²) in [4.78, 5) is 23.0. The van der Waals surface area contributed by atoms with Gasteiger partial charge in [0.05, 0.1) is 0 Å². The first-order valence-corrected chi connectivity index (χ1v) is 15.2. The third-order valence-corrected chi connectivity index (χ3v) is 6.74. The van der Waals surface area contributed by atoms with E-state index >= 15 is 0 Å². The molecule has 0 amide bonds. The standard InChI is InChI=1S/C31H58O4/c1-3-5-7-9-10-11-12-13-14-15-16-20-24-28-31(34)35-29(25-21-8-6-4-2)26-22-18-17-19-23-27-30(32)33/h11-12,29H,3-10,13-28H2,1-2H3,(H,32,33)/b12-11-. The molecule has 0 rings (SSSR count). The van der Waals surface area contributed by atoms with Crippen LogP contribution in [-0.4, -0.2) is 23.1 Å². The minimum Gasteiger partial charge on any atom is -0.481 e. The molecule has 0 spiro atoms. The van der Waals surface area contributed by atoms with Gasteiger partial charge in [-0.1, -0.05) is 103 Å². The summed E-state index contributed by atoms with van der Waals surface area (Å²) in [6.45, 7) is 4.47. The number of esters is 1. The predicted octanol–water partition coefficient (Wildman–Crippen LogP) is 9.94. The molecule has 0 aromatic rings. The van der Waals surface area contributed by atoms with Crippen molar-refractivity contribution in [1.29, 1.82) is 0 Å². The van der Waals surface area contributed by atoms with Crippen LogP contribution in [0.5, 0.6) is 0 Å².